The van der Waals surface area contributed by atoms with Crippen molar-refractivity contribution in [2.45, 2.75) is 26.7 Å². The number of carbonyl (C=O) groups is 1. The largest absolute Gasteiger partial charge is 0.465 e. The number of hydrogen-bond acceptors (Lipinski definition) is 3. The van der Waals surface area contributed by atoms with Crippen LogP contribution in [-0.4, -0.2) is 22.1 Å². The molecule has 16 heavy (non-hydrogen) atoms. The third kappa shape index (κ3) is 1.84. The second-order valence-corrected chi connectivity index (χ2v) is 3.96. The molecule has 0 unspecified atom stereocenters. The van der Waals surface area contributed by atoms with Gasteiger partial charge in [-0.1, -0.05) is 6.92 Å². The van der Waals surface area contributed by atoms with Crippen molar-refractivity contribution in [1.82, 2.24) is 9.55 Å². The van der Waals surface area contributed by atoms with Gasteiger partial charge in [0.25, 0.3) is 0 Å². The Morgan fingerprint density at radius 3 is 3.19 bits per heavy atom. The van der Waals surface area contributed by atoms with Gasteiger partial charge < -0.3 is 9.30 Å². The van der Waals surface area contributed by atoms with E-state index < -0.39 is 24.3 Å². The molecule has 1 saturated heterocycles. The lowest BCUT2D eigenvalue weighted by atomic mass is 9.89. The molecule has 1 aromatic heterocycles. The highest BCUT2D eigenvalue weighted by atomic mass is 16.5. The highest BCUT2D eigenvalue weighted by Gasteiger charge is 2.35. The fourth-order valence-corrected chi connectivity index (χ4v) is 1.80. The molecule has 2 heterocycles. The zero-order valence-electron chi connectivity index (χ0n) is 13.7. The van der Waals surface area contributed by atoms with Crippen molar-refractivity contribution in [2.75, 3.05) is 6.56 Å². The van der Waals surface area contributed by atoms with E-state index in [1.807, 2.05) is 0 Å². The van der Waals surface area contributed by atoms with Crippen LogP contribution in [0.3, 0.4) is 0 Å². The predicted molar refractivity (Wildman–Crippen MR) is 59.9 cm³/mol. The monoisotopic (exact) mass is 226 g/mol. The van der Waals surface area contributed by atoms with Gasteiger partial charge in [-0.05, 0) is 19.8 Å². The molecule has 88 valence electrons. The van der Waals surface area contributed by atoms with E-state index in [1.54, 1.807) is 25.5 Å². The Hall–Kier alpha value is -1.32. The number of nitrogens with zero attached hydrogens (tertiary/aromatic N) is 2. The molecule has 2 rings (SSSR count). The number of aryl methyl sites for hydroxylation is 1. The van der Waals surface area contributed by atoms with Crippen LogP contribution in [0.1, 0.15) is 30.3 Å². The highest BCUT2D eigenvalue weighted by molar-refractivity contribution is 5.74. The van der Waals surface area contributed by atoms with Crippen LogP contribution < -0.4 is 0 Å². The van der Waals surface area contributed by atoms with Gasteiger partial charge in [-0.25, -0.2) is 4.98 Å². The molecule has 1 aromatic rings. The molecule has 0 N–H and O–H groups in total. The van der Waals surface area contributed by atoms with Crippen molar-refractivity contribution < 1.29 is 15.0 Å². The van der Waals surface area contributed by atoms with E-state index in [9.17, 15) is 4.79 Å². The number of carbonyl (C=O) groups excluding carboxylic acids is 1. The van der Waals surface area contributed by atoms with Crippen molar-refractivity contribution in [3.8, 4) is 0 Å². The summed E-state index contributed by atoms with van der Waals surface area (Å²) in [5.74, 6) is -2.65. The summed E-state index contributed by atoms with van der Waals surface area (Å²) in [6.45, 7) is 1.10. The van der Waals surface area contributed by atoms with E-state index in [2.05, 4.69) is 4.98 Å². The summed E-state index contributed by atoms with van der Waals surface area (Å²) in [5.41, 5.74) is 0.443. The Bertz CT molecular complexity index is 558. The Morgan fingerprint density at radius 1 is 1.88 bits per heavy atom. The summed E-state index contributed by atoms with van der Waals surface area (Å²) < 4.78 is 38.4. The van der Waals surface area contributed by atoms with E-state index in [0.717, 1.165) is 0 Å². The second-order valence-electron chi connectivity index (χ2n) is 3.96. The van der Waals surface area contributed by atoms with Crippen LogP contribution in [0.25, 0.3) is 0 Å². The second kappa shape index (κ2) is 4.28. The van der Waals surface area contributed by atoms with Gasteiger partial charge >= 0.3 is 5.97 Å². The number of rotatable bonds is 3. The number of imidazole rings is 1. The van der Waals surface area contributed by atoms with E-state index in [-0.39, 0.29) is 12.6 Å². The number of esters is 1. The Kier molecular flexibility index (Phi) is 1.90. The van der Waals surface area contributed by atoms with Crippen LogP contribution in [0.15, 0.2) is 6.17 Å². The smallest absolute Gasteiger partial charge is 0.309 e. The maximum atomic E-state index is 11.8. The lowest BCUT2D eigenvalue weighted by Crippen LogP contribution is -2.18. The van der Waals surface area contributed by atoms with Crippen molar-refractivity contribution in [2.24, 2.45) is 18.9 Å². The summed E-state index contributed by atoms with van der Waals surface area (Å²) in [7, 11) is 1.72. The van der Waals surface area contributed by atoms with Crippen LogP contribution in [-0.2, 0) is 23.0 Å². The van der Waals surface area contributed by atoms with E-state index in [1.165, 1.54) is 0 Å². The maximum Gasteiger partial charge on any atom is 0.309 e. The Balaban J connectivity index is 2.46. The number of ether oxygens (including phenoxy) is 1. The zero-order valence-corrected chi connectivity index (χ0v) is 9.70. The van der Waals surface area contributed by atoms with Crippen molar-refractivity contribution in [3.63, 3.8) is 0 Å². The predicted octanol–water partition coefficient (Wildman–Crippen LogP) is 1.47. The first-order chi connectivity index (χ1) is 9.14. The molecule has 0 spiro atoms. The van der Waals surface area contributed by atoms with Crippen LogP contribution in [0, 0.1) is 18.7 Å². The SMILES string of the molecule is [2H]c1nc(C)n(C)c1C[C@]1([2H])[C@H](CC)C(=O)OC1([2H])[2H]. The molecule has 0 radical (unpaired) electrons. The van der Waals surface area contributed by atoms with E-state index in [4.69, 9.17) is 10.2 Å². The van der Waals surface area contributed by atoms with Crippen LogP contribution in [0.5, 0.6) is 0 Å². The molecule has 0 aliphatic carbocycles. The van der Waals surface area contributed by atoms with Crippen molar-refractivity contribution in [3.05, 3.63) is 17.7 Å². The summed E-state index contributed by atoms with van der Waals surface area (Å²) in [4.78, 5) is 15.7. The van der Waals surface area contributed by atoms with Crippen molar-refractivity contribution in [1.29, 1.82) is 0 Å². The first kappa shape index (κ1) is 7.09. The molecule has 0 aromatic carbocycles. The van der Waals surface area contributed by atoms with Crippen LogP contribution in [0.4, 0.5) is 0 Å². The number of hydrogen-bond donors (Lipinski definition) is 0. The lowest BCUT2D eigenvalue weighted by Gasteiger charge is -2.13. The average Bonchev–Trinajstić information content (AvgIpc) is 2.65. The third-order valence-corrected chi connectivity index (χ3v) is 2.99. The first-order valence-corrected chi connectivity index (χ1v) is 5.35. The van der Waals surface area contributed by atoms with Gasteiger partial charge in [-0.3, -0.25) is 4.79 Å². The van der Waals surface area contributed by atoms with Gasteiger partial charge in [0, 0.05) is 26.2 Å². The quantitative estimate of drug-likeness (QED) is 0.733. The first-order valence-electron chi connectivity index (χ1n) is 7.35. The number of cyclic esters (lactones) is 1. The molecule has 0 amide bonds. The summed E-state index contributed by atoms with van der Waals surface area (Å²) in [6.07, 6.45) is 0.258. The number of aromatic nitrogens is 2. The zero-order chi connectivity index (χ0) is 15.3. The van der Waals surface area contributed by atoms with Gasteiger partial charge in [0.1, 0.15) is 5.82 Å². The molecule has 0 saturated carbocycles. The minimum absolute atomic E-state index is 0.0154. The van der Waals surface area contributed by atoms with E-state index in [0.29, 0.717) is 17.9 Å². The Labute approximate surface area is 101 Å². The van der Waals surface area contributed by atoms with Gasteiger partial charge in [0.2, 0.25) is 0 Å². The topological polar surface area (TPSA) is 44.1 Å². The summed E-state index contributed by atoms with van der Waals surface area (Å²) in [6, 6.07) is 0. The van der Waals surface area contributed by atoms with Crippen LogP contribution in [0.2, 0.25) is 0 Å². The minimum atomic E-state index is -2.37. The average molecular weight is 226 g/mol. The third-order valence-electron chi connectivity index (χ3n) is 2.99. The normalized spacial score (nSPS) is 36.2. The molecular formula is C12H18N2O2. The highest BCUT2D eigenvalue weighted by Crippen LogP contribution is 2.28. The standard InChI is InChI=1S/C12H18N2O2/c1-4-11-9(7-16-12(11)15)5-10-6-13-8(2)14(10)3/h6,9,11H,4-5,7H2,1-3H3/t9-,11-/m0/s1/i6D,7D2,9D. The van der Waals surface area contributed by atoms with Crippen LogP contribution >= 0.6 is 0 Å². The van der Waals surface area contributed by atoms with Gasteiger partial charge in [0.15, 0.2) is 0 Å². The molecular weight excluding hydrogens is 204 g/mol. The molecule has 1 aliphatic heterocycles. The summed E-state index contributed by atoms with van der Waals surface area (Å²) >= 11 is 0. The van der Waals surface area contributed by atoms with Crippen molar-refractivity contribution >= 4 is 5.97 Å². The van der Waals surface area contributed by atoms with Gasteiger partial charge in [-0.15, -0.1) is 0 Å². The van der Waals surface area contributed by atoms with E-state index >= 15 is 0 Å². The fraction of sp³-hybridized carbons (Fsp3) is 0.667. The fourth-order valence-electron chi connectivity index (χ4n) is 1.80. The Morgan fingerprint density at radius 2 is 2.62 bits per heavy atom. The molecule has 1 fully saturated rings. The molecule has 4 nitrogen and oxygen atoms in total. The van der Waals surface area contributed by atoms with Gasteiger partial charge in [0.05, 0.1) is 16.6 Å². The molecule has 0 bridgehead atoms. The minimum Gasteiger partial charge on any atom is -0.465 e. The maximum absolute atomic E-state index is 11.8. The van der Waals surface area contributed by atoms with Gasteiger partial charge in [-0.2, -0.15) is 0 Å². The molecule has 2 atom stereocenters. The molecule has 4 heteroatoms. The summed E-state index contributed by atoms with van der Waals surface area (Å²) in [5, 5.41) is 0. The molecule has 1 aliphatic rings. The lowest BCUT2D eigenvalue weighted by molar-refractivity contribution is -0.141.